The van der Waals surface area contributed by atoms with E-state index >= 15 is 0 Å². The minimum atomic E-state index is 0.0413. The number of para-hydroxylation sites is 1. The van der Waals surface area contributed by atoms with Crippen molar-refractivity contribution in [3.8, 4) is 17.2 Å². The third kappa shape index (κ3) is 1.97. The van der Waals surface area contributed by atoms with E-state index in [1.54, 1.807) is 6.08 Å². The van der Waals surface area contributed by atoms with E-state index in [0.717, 1.165) is 22.8 Å². The number of benzene rings is 2. The molecule has 21 heavy (non-hydrogen) atoms. The first kappa shape index (κ1) is 12.3. The Morgan fingerprint density at radius 1 is 1.14 bits per heavy atom. The number of fused-ring (bicyclic) bond motifs is 5. The van der Waals surface area contributed by atoms with Crippen molar-refractivity contribution in [1.29, 1.82) is 0 Å². The zero-order chi connectivity index (χ0) is 14.2. The van der Waals surface area contributed by atoms with Crippen LogP contribution in [0.5, 0.6) is 17.2 Å². The fourth-order valence-corrected chi connectivity index (χ4v) is 3.03. The van der Waals surface area contributed by atoms with Gasteiger partial charge in [-0.2, -0.15) is 0 Å². The van der Waals surface area contributed by atoms with Crippen LogP contribution in [-0.4, -0.2) is 13.2 Å². The van der Waals surface area contributed by atoms with Gasteiger partial charge in [0.25, 0.3) is 0 Å². The van der Waals surface area contributed by atoms with Crippen LogP contribution in [0.2, 0.25) is 0 Å². The Morgan fingerprint density at radius 3 is 2.95 bits per heavy atom. The minimum absolute atomic E-state index is 0.0413. The molecule has 0 N–H and O–H groups in total. The average molecular weight is 280 g/mol. The first-order chi connectivity index (χ1) is 10.4. The van der Waals surface area contributed by atoms with Crippen LogP contribution < -0.4 is 14.2 Å². The molecule has 0 bridgehead atoms. The van der Waals surface area contributed by atoms with Crippen LogP contribution in [0, 0.1) is 0 Å². The van der Waals surface area contributed by atoms with Crippen LogP contribution >= 0.6 is 0 Å². The Balaban J connectivity index is 1.67. The Hall–Kier alpha value is -2.42. The van der Waals surface area contributed by atoms with Gasteiger partial charge in [0, 0.05) is 17.2 Å². The van der Waals surface area contributed by atoms with Gasteiger partial charge in [-0.3, -0.25) is 0 Å². The Bertz CT molecular complexity index is 693. The molecule has 0 aliphatic carbocycles. The molecule has 2 atom stereocenters. The summed E-state index contributed by atoms with van der Waals surface area (Å²) < 4.78 is 17.6. The van der Waals surface area contributed by atoms with Crippen LogP contribution in [0.4, 0.5) is 0 Å². The molecule has 0 saturated carbocycles. The fourth-order valence-electron chi connectivity index (χ4n) is 3.03. The highest BCUT2D eigenvalue weighted by atomic mass is 16.5. The second-order valence-electron chi connectivity index (χ2n) is 5.29. The maximum atomic E-state index is 6.12. The van der Waals surface area contributed by atoms with E-state index in [4.69, 9.17) is 14.2 Å². The largest absolute Gasteiger partial charge is 0.492 e. The molecule has 0 radical (unpaired) electrons. The lowest BCUT2D eigenvalue weighted by atomic mass is 9.89. The molecule has 0 aromatic heterocycles. The summed E-state index contributed by atoms with van der Waals surface area (Å²) in [6.45, 7) is 4.78. The van der Waals surface area contributed by atoms with Gasteiger partial charge in [-0.25, -0.2) is 0 Å². The lowest BCUT2D eigenvalue weighted by molar-refractivity contribution is 0.139. The van der Waals surface area contributed by atoms with Gasteiger partial charge >= 0.3 is 0 Å². The summed E-state index contributed by atoms with van der Waals surface area (Å²) in [4.78, 5) is 0. The molecule has 2 aromatic rings. The lowest BCUT2D eigenvalue weighted by Crippen LogP contribution is -2.23. The van der Waals surface area contributed by atoms with Crippen LogP contribution in [-0.2, 0) is 0 Å². The molecule has 0 spiro atoms. The van der Waals surface area contributed by atoms with Gasteiger partial charge in [-0.1, -0.05) is 30.9 Å². The third-order valence-electron chi connectivity index (χ3n) is 4.02. The Morgan fingerprint density at radius 2 is 2.05 bits per heavy atom. The van der Waals surface area contributed by atoms with E-state index in [9.17, 15) is 0 Å². The SMILES string of the molecule is C=CCOc1ccc2c(c1)OC[C@H]1c3ccccc3O[C@@H]21. The van der Waals surface area contributed by atoms with E-state index in [2.05, 4.69) is 12.6 Å². The van der Waals surface area contributed by atoms with Gasteiger partial charge in [0.1, 0.15) is 30.0 Å². The maximum Gasteiger partial charge on any atom is 0.138 e. The standard InChI is InChI=1S/C18H16O3/c1-2-9-19-12-7-8-14-17(10-12)20-11-15-13-5-3-4-6-16(13)21-18(14)15/h2-8,10,15,18H,1,9,11H2/t15-,18-/m0/s1. The van der Waals surface area contributed by atoms with Gasteiger partial charge in [-0.05, 0) is 18.2 Å². The zero-order valence-electron chi connectivity index (χ0n) is 11.6. The first-order valence-electron chi connectivity index (χ1n) is 7.13. The van der Waals surface area contributed by atoms with Gasteiger partial charge < -0.3 is 14.2 Å². The minimum Gasteiger partial charge on any atom is -0.492 e. The molecule has 0 unspecified atom stereocenters. The highest BCUT2D eigenvalue weighted by Crippen LogP contribution is 2.51. The predicted molar refractivity (Wildman–Crippen MR) is 80.2 cm³/mol. The number of rotatable bonds is 3. The first-order valence-corrected chi connectivity index (χ1v) is 7.13. The van der Waals surface area contributed by atoms with Crippen molar-refractivity contribution < 1.29 is 14.2 Å². The smallest absolute Gasteiger partial charge is 0.138 e. The monoisotopic (exact) mass is 280 g/mol. The lowest BCUT2D eigenvalue weighted by Gasteiger charge is -2.28. The normalized spacial score (nSPS) is 21.3. The van der Waals surface area contributed by atoms with Crippen molar-refractivity contribution in [2.75, 3.05) is 13.2 Å². The maximum absolute atomic E-state index is 6.12. The quantitative estimate of drug-likeness (QED) is 0.799. The average Bonchev–Trinajstić information content (AvgIpc) is 2.91. The van der Waals surface area contributed by atoms with Crippen LogP contribution in [0.1, 0.15) is 23.1 Å². The molecule has 3 heteroatoms. The molecule has 0 amide bonds. The summed E-state index contributed by atoms with van der Waals surface area (Å²) in [5, 5.41) is 0. The van der Waals surface area contributed by atoms with E-state index in [0.29, 0.717) is 13.2 Å². The van der Waals surface area contributed by atoms with Crippen LogP contribution in [0.3, 0.4) is 0 Å². The van der Waals surface area contributed by atoms with E-state index in [1.807, 2.05) is 36.4 Å². The molecule has 4 rings (SSSR count). The molecular weight excluding hydrogens is 264 g/mol. The van der Waals surface area contributed by atoms with Crippen molar-refractivity contribution in [2.45, 2.75) is 12.0 Å². The zero-order valence-corrected chi connectivity index (χ0v) is 11.6. The number of hydrogen-bond donors (Lipinski definition) is 0. The van der Waals surface area contributed by atoms with E-state index in [1.165, 1.54) is 5.56 Å². The second kappa shape index (κ2) is 4.85. The van der Waals surface area contributed by atoms with Gasteiger partial charge in [-0.15, -0.1) is 0 Å². The molecule has 0 saturated heterocycles. The van der Waals surface area contributed by atoms with Crippen molar-refractivity contribution in [3.05, 3.63) is 66.2 Å². The van der Waals surface area contributed by atoms with Gasteiger partial charge in [0.2, 0.25) is 0 Å². The number of hydrogen-bond acceptors (Lipinski definition) is 3. The van der Waals surface area contributed by atoms with Crippen molar-refractivity contribution in [1.82, 2.24) is 0 Å². The Labute approximate surface area is 123 Å². The summed E-state index contributed by atoms with van der Waals surface area (Å²) >= 11 is 0. The molecule has 2 aromatic carbocycles. The summed E-state index contributed by atoms with van der Waals surface area (Å²) in [5.41, 5.74) is 2.33. The summed E-state index contributed by atoms with van der Waals surface area (Å²) in [7, 11) is 0. The highest BCUT2D eigenvalue weighted by Gasteiger charge is 2.40. The summed E-state index contributed by atoms with van der Waals surface area (Å²) in [6.07, 6.45) is 1.77. The summed E-state index contributed by atoms with van der Waals surface area (Å²) in [5.74, 6) is 2.89. The van der Waals surface area contributed by atoms with Crippen molar-refractivity contribution in [2.24, 2.45) is 0 Å². The topological polar surface area (TPSA) is 27.7 Å². The molecule has 2 heterocycles. The second-order valence-corrected chi connectivity index (χ2v) is 5.29. The molecule has 0 fully saturated rings. The highest BCUT2D eigenvalue weighted by molar-refractivity contribution is 5.50. The fraction of sp³-hybridized carbons (Fsp3) is 0.222. The van der Waals surface area contributed by atoms with E-state index < -0.39 is 0 Å². The van der Waals surface area contributed by atoms with Crippen molar-refractivity contribution in [3.63, 3.8) is 0 Å². The molecule has 3 nitrogen and oxygen atoms in total. The number of ether oxygens (including phenoxy) is 3. The van der Waals surface area contributed by atoms with Gasteiger partial charge in [0.05, 0.1) is 12.5 Å². The Kier molecular flexibility index (Phi) is 2.85. The van der Waals surface area contributed by atoms with Crippen molar-refractivity contribution >= 4 is 0 Å². The van der Waals surface area contributed by atoms with Gasteiger partial charge in [0.15, 0.2) is 0 Å². The molecular formula is C18H16O3. The predicted octanol–water partition coefficient (Wildman–Crippen LogP) is 3.86. The summed E-state index contributed by atoms with van der Waals surface area (Å²) in [6, 6.07) is 14.1. The molecule has 106 valence electrons. The molecule has 2 aliphatic heterocycles. The van der Waals surface area contributed by atoms with Crippen LogP contribution in [0.15, 0.2) is 55.1 Å². The van der Waals surface area contributed by atoms with E-state index in [-0.39, 0.29) is 12.0 Å². The third-order valence-corrected chi connectivity index (χ3v) is 4.02. The molecule has 2 aliphatic rings. The van der Waals surface area contributed by atoms with Crippen LogP contribution in [0.25, 0.3) is 0 Å².